The number of anilines is 2. The minimum atomic E-state index is -1.32. The molecular formula is C34H35N3O8. The monoisotopic (exact) mass is 613 g/mol. The molecule has 0 fully saturated rings. The lowest BCUT2D eigenvalue weighted by molar-refractivity contribution is -0.152. The third-order valence-electron chi connectivity index (χ3n) is 7.74. The van der Waals surface area contributed by atoms with Crippen molar-refractivity contribution in [2.45, 2.75) is 47.6 Å². The van der Waals surface area contributed by atoms with E-state index in [-0.39, 0.29) is 16.7 Å². The van der Waals surface area contributed by atoms with Crippen molar-refractivity contribution in [2.75, 3.05) is 23.8 Å². The zero-order chi connectivity index (χ0) is 33.0. The molecule has 3 aromatic carbocycles. The standard InChI is InChI=1S/C34H35N3O8/c1-18(2)30(34(43)45-17-29(39)36-27-12-8-10-20(4)22(27)6)37-31(40)24-14-13-23(15-25(24)32(37)41)33(42)44-16-28(38)35-26-11-7-9-19(3)21(26)5/h7-15,18,30H,16-17H2,1-6H3,(H,35,38)(H,36,39)/t30-/m0/s1. The molecule has 0 bridgehead atoms. The van der Waals surface area contributed by atoms with Gasteiger partial charge in [0.05, 0.1) is 16.7 Å². The largest absolute Gasteiger partial charge is 0.454 e. The Bertz CT molecular complexity index is 1710. The van der Waals surface area contributed by atoms with Crippen LogP contribution in [0.15, 0.2) is 54.6 Å². The minimum absolute atomic E-state index is 0.00432. The Kier molecular flexibility index (Phi) is 9.81. The number of ether oxygens (including phenoxy) is 2. The summed E-state index contributed by atoms with van der Waals surface area (Å²) in [6.07, 6.45) is 0. The number of rotatable bonds is 10. The molecule has 1 heterocycles. The summed E-state index contributed by atoms with van der Waals surface area (Å²) in [5, 5.41) is 5.39. The van der Waals surface area contributed by atoms with Gasteiger partial charge in [-0.25, -0.2) is 9.59 Å². The fraction of sp³-hybridized carbons (Fsp3) is 0.294. The van der Waals surface area contributed by atoms with Gasteiger partial charge in [0.15, 0.2) is 13.2 Å². The quantitative estimate of drug-likeness (QED) is 0.251. The topological polar surface area (TPSA) is 148 Å². The van der Waals surface area contributed by atoms with Crippen molar-refractivity contribution >= 4 is 46.9 Å². The van der Waals surface area contributed by atoms with Crippen LogP contribution in [0.4, 0.5) is 11.4 Å². The number of aryl methyl sites for hydroxylation is 2. The van der Waals surface area contributed by atoms with Gasteiger partial charge in [-0.05, 0) is 86.2 Å². The third-order valence-corrected chi connectivity index (χ3v) is 7.74. The van der Waals surface area contributed by atoms with Gasteiger partial charge in [-0.15, -0.1) is 0 Å². The summed E-state index contributed by atoms with van der Waals surface area (Å²) in [5.74, 6) is -5.01. The number of carbonyl (C=O) groups is 6. The molecule has 234 valence electrons. The van der Waals surface area contributed by atoms with E-state index in [1.165, 1.54) is 18.2 Å². The van der Waals surface area contributed by atoms with E-state index in [0.717, 1.165) is 27.2 Å². The number of nitrogens with one attached hydrogen (secondary N) is 2. The fourth-order valence-corrected chi connectivity index (χ4v) is 4.90. The predicted molar refractivity (Wildman–Crippen MR) is 166 cm³/mol. The maximum atomic E-state index is 13.4. The number of benzene rings is 3. The molecule has 11 nitrogen and oxygen atoms in total. The highest BCUT2D eigenvalue weighted by Crippen LogP contribution is 2.29. The highest BCUT2D eigenvalue weighted by molar-refractivity contribution is 6.23. The minimum Gasteiger partial charge on any atom is -0.454 e. The zero-order valence-corrected chi connectivity index (χ0v) is 26.0. The first-order chi connectivity index (χ1) is 21.3. The Morgan fingerprint density at radius 1 is 0.711 bits per heavy atom. The number of esters is 2. The van der Waals surface area contributed by atoms with Crippen molar-refractivity contribution in [3.8, 4) is 0 Å². The second-order valence-corrected chi connectivity index (χ2v) is 11.2. The SMILES string of the molecule is Cc1cccc(NC(=O)COC(=O)c2ccc3c(c2)C(=O)N([C@H](C(=O)OCC(=O)Nc2cccc(C)c2C)C(C)C)C3=O)c1C. The normalized spacial score (nSPS) is 12.9. The van der Waals surface area contributed by atoms with Crippen LogP contribution >= 0.6 is 0 Å². The summed E-state index contributed by atoms with van der Waals surface area (Å²) < 4.78 is 10.4. The molecule has 0 spiro atoms. The van der Waals surface area contributed by atoms with Gasteiger partial charge in [-0.3, -0.25) is 24.1 Å². The molecule has 0 aliphatic carbocycles. The number of amides is 4. The fourth-order valence-electron chi connectivity index (χ4n) is 4.90. The highest BCUT2D eigenvalue weighted by Gasteiger charge is 2.45. The van der Waals surface area contributed by atoms with Crippen molar-refractivity contribution in [3.63, 3.8) is 0 Å². The predicted octanol–water partition coefficient (Wildman–Crippen LogP) is 4.52. The molecular weight excluding hydrogens is 578 g/mol. The molecule has 45 heavy (non-hydrogen) atoms. The molecule has 11 heteroatoms. The summed E-state index contributed by atoms with van der Waals surface area (Å²) in [4.78, 5) is 78.2. The van der Waals surface area contributed by atoms with E-state index in [2.05, 4.69) is 10.6 Å². The second-order valence-electron chi connectivity index (χ2n) is 11.2. The summed E-state index contributed by atoms with van der Waals surface area (Å²) >= 11 is 0. The van der Waals surface area contributed by atoms with Gasteiger partial charge in [0.1, 0.15) is 6.04 Å². The van der Waals surface area contributed by atoms with Gasteiger partial charge in [0.25, 0.3) is 23.6 Å². The summed E-state index contributed by atoms with van der Waals surface area (Å²) in [7, 11) is 0. The number of hydrogen-bond donors (Lipinski definition) is 2. The molecule has 4 amide bonds. The van der Waals surface area contributed by atoms with E-state index in [1.54, 1.807) is 38.1 Å². The highest BCUT2D eigenvalue weighted by atomic mass is 16.5. The molecule has 1 aliphatic heterocycles. The van der Waals surface area contributed by atoms with Gasteiger partial charge in [0, 0.05) is 11.4 Å². The van der Waals surface area contributed by atoms with E-state index in [9.17, 15) is 28.8 Å². The third kappa shape index (κ3) is 7.09. The van der Waals surface area contributed by atoms with Crippen molar-refractivity contribution < 1.29 is 38.2 Å². The molecule has 1 aliphatic rings. The van der Waals surface area contributed by atoms with Gasteiger partial charge in [-0.1, -0.05) is 38.1 Å². The van der Waals surface area contributed by atoms with Gasteiger partial charge in [0.2, 0.25) is 0 Å². The van der Waals surface area contributed by atoms with Crippen molar-refractivity contribution in [3.05, 3.63) is 93.5 Å². The number of carbonyl (C=O) groups excluding carboxylic acids is 6. The van der Waals surface area contributed by atoms with Crippen LogP contribution in [0.5, 0.6) is 0 Å². The Balaban J connectivity index is 1.40. The van der Waals surface area contributed by atoms with E-state index in [0.29, 0.717) is 11.4 Å². The average Bonchev–Trinajstić information content (AvgIpc) is 3.24. The number of hydrogen-bond acceptors (Lipinski definition) is 8. The van der Waals surface area contributed by atoms with Crippen LogP contribution in [0.25, 0.3) is 0 Å². The number of nitrogens with zero attached hydrogens (tertiary/aromatic N) is 1. The Morgan fingerprint density at radius 2 is 1.22 bits per heavy atom. The van der Waals surface area contributed by atoms with Crippen LogP contribution in [0.3, 0.4) is 0 Å². The molecule has 0 unspecified atom stereocenters. The van der Waals surface area contributed by atoms with E-state index < -0.39 is 60.7 Å². The van der Waals surface area contributed by atoms with Gasteiger partial charge < -0.3 is 20.1 Å². The van der Waals surface area contributed by atoms with Gasteiger partial charge >= 0.3 is 11.9 Å². The molecule has 2 N–H and O–H groups in total. The number of fused-ring (bicyclic) bond motifs is 1. The first kappa shape index (κ1) is 32.6. The van der Waals surface area contributed by atoms with E-state index >= 15 is 0 Å². The van der Waals surface area contributed by atoms with Crippen molar-refractivity contribution in [1.29, 1.82) is 0 Å². The Labute approximate surface area is 260 Å². The van der Waals surface area contributed by atoms with E-state index in [1.807, 2.05) is 39.8 Å². The first-order valence-corrected chi connectivity index (χ1v) is 14.4. The maximum absolute atomic E-state index is 13.4. The van der Waals surface area contributed by atoms with Crippen LogP contribution in [-0.4, -0.2) is 59.7 Å². The Morgan fingerprint density at radius 3 is 1.76 bits per heavy atom. The van der Waals surface area contributed by atoms with Crippen molar-refractivity contribution in [1.82, 2.24) is 4.90 Å². The second kappa shape index (κ2) is 13.5. The lowest BCUT2D eigenvalue weighted by Crippen LogP contribution is -2.49. The van der Waals surface area contributed by atoms with E-state index in [4.69, 9.17) is 9.47 Å². The van der Waals surface area contributed by atoms with Crippen LogP contribution in [0.2, 0.25) is 0 Å². The molecule has 0 saturated heterocycles. The first-order valence-electron chi connectivity index (χ1n) is 14.4. The summed E-state index contributed by atoms with van der Waals surface area (Å²) in [6, 6.07) is 13.3. The zero-order valence-electron chi connectivity index (χ0n) is 26.0. The molecule has 4 rings (SSSR count). The molecule has 0 aromatic heterocycles. The van der Waals surface area contributed by atoms with Crippen LogP contribution in [0, 0.1) is 33.6 Å². The lowest BCUT2D eigenvalue weighted by atomic mass is 10.0. The van der Waals surface area contributed by atoms with Crippen LogP contribution in [-0.2, 0) is 23.9 Å². The number of imide groups is 1. The van der Waals surface area contributed by atoms with Crippen LogP contribution in [0.1, 0.15) is 67.2 Å². The van der Waals surface area contributed by atoms with Crippen LogP contribution < -0.4 is 10.6 Å². The summed E-state index contributed by atoms with van der Waals surface area (Å²) in [6.45, 7) is 9.60. The summed E-state index contributed by atoms with van der Waals surface area (Å²) in [5.41, 5.74) is 4.73. The lowest BCUT2D eigenvalue weighted by Gasteiger charge is -2.27. The smallest absolute Gasteiger partial charge is 0.338 e. The molecule has 3 aromatic rings. The molecule has 1 atom stereocenters. The molecule has 0 saturated carbocycles. The van der Waals surface area contributed by atoms with Gasteiger partial charge in [-0.2, -0.15) is 0 Å². The molecule has 0 radical (unpaired) electrons. The maximum Gasteiger partial charge on any atom is 0.338 e. The Hall–Kier alpha value is -5.32. The average molecular weight is 614 g/mol. The van der Waals surface area contributed by atoms with Crippen molar-refractivity contribution in [2.24, 2.45) is 5.92 Å².